The number of aryl methyl sites for hydroxylation is 2. The van der Waals surface area contributed by atoms with Gasteiger partial charge in [-0.15, -0.1) is 0 Å². The smallest absolute Gasteiger partial charge is 0.257 e. The second-order valence-corrected chi connectivity index (χ2v) is 4.38. The van der Waals surface area contributed by atoms with E-state index in [0.29, 0.717) is 17.9 Å². The van der Waals surface area contributed by atoms with Crippen LogP contribution < -0.4 is 5.73 Å². The number of carbonyl (C=O) groups excluding carboxylic acids is 1. The van der Waals surface area contributed by atoms with Gasteiger partial charge in [-0.25, -0.2) is 0 Å². The topological polar surface area (TPSA) is 59.5 Å². The maximum atomic E-state index is 12.1. The fourth-order valence-corrected chi connectivity index (χ4v) is 1.81. The zero-order chi connectivity index (χ0) is 12.5. The molecule has 16 heavy (non-hydrogen) atoms. The van der Waals surface area contributed by atoms with Crippen LogP contribution in [-0.4, -0.2) is 30.4 Å². The fraction of sp³-hybridized carbons (Fsp3) is 0.583. The molecule has 0 radical (unpaired) electrons. The quantitative estimate of drug-likeness (QED) is 0.848. The Balaban J connectivity index is 2.96. The summed E-state index contributed by atoms with van der Waals surface area (Å²) < 4.78 is 5.44. The first kappa shape index (κ1) is 12.8. The molecule has 0 spiro atoms. The number of nitrogens with two attached hydrogens (primary N) is 1. The Bertz CT molecular complexity index is 394. The van der Waals surface area contributed by atoms with E-state index in [2.05, 4.69) is 0 Å². The Morgan fingerprint density at radius 1 is 1.38 bits per heavy atom. The molecule has 1 aromatic heterocycles. The first-order valence-electron chi connectivity index (χ1n) is 5.42. The third-order valence-corrected chi connectivity index (χ3v) is 2.68. The molecular formula is C12H20N2O2. The van der Waals surface area contributed by atoms with Crippen molar-refractivity contribution in [3.8, 4) is 0 Å². The van der Waals surface area contributed by atoms with Crippen LogP contribution in [0.5, 0.6) is 0 Å². The minimum absolute atomic E-state index is 0.0239. The molecule has 0 aromatic carbocycles. The van der Waals surface area contributed by atoms with Crippen LogP contribution in [-0.2, 0) is 0 Å². The minimum atomic E-state index is -0.0254. The van der Waals surface area contributed by atoms with Crippen molar-refractivity contribution in [2.45, 2.75) is 33.7 Å². The van der Waals surface area contributed by atoms with Crippen LogP contribution in [0.2, 0.25) is 0 Å². The highest BCUT2D eigenvalue weighted by atomic mass is 16.3. The highest BCUT2D eigenvalue weighted by Crippen LogP contribution is 2.21. The van der Waals surface area contributed by atoms with Gasteiger partial charge >= 0.3 is 0 Å². The van der Waals surface area contributed by atoms with Crippen molar-refractivity contribution in [3.63, 3.8) is 0 Å². The lowest BCUT2D eigenvalue weighted by atomic mass is 10.1. The lowest BCUT2D eigenvalue weighted by Gasteiger charge is -2.19. The second kappa shape index (κ2) is 4.70. The Morgan fingerprint density at radius 3 is 2.31 bits per heavy atom. The number of rotatable bonds is 3. The molecule has 2 N–H and O–H groups in total. The highest BCUT2D eigenvalue weighted by Gasteiger charge is 2.21. The number of nitrogens with zero attached hydrogens (tertiary/aromatic N) is 1. The van der Waals surface area contributed by atoms with E-state index in [4.69, 9.17) is 10.2 Å². The van der Waals surface area contributed by atoms with E-state index in [0.717, 1.165) is 11.3 Å². The molecule has 1 atom stereocenters. The van der Waals surface area contributed by atoms with Crippen LogP contribution >= 0.6 is 0 Å². The molecule has 0 saturated heterocycles. The molecule has 90 valence electrons. The van der Waals surface area contributed by atoms with Crippen molar-refractivity contribution in [1.82, 2.24) is 4.90 Å². The molecule has 0 aliphatic heterocycles. The predicted octanol–water partition coefficient (Wildman–Crippen LogP) is 1.62. The molecule has 0 aliphatic rings. The number of likely N-dealkylation sites (N-methyl/N-ethyl adjacent to an activating group) is 1. The summed E-state index contributed by atoms with van der Waals surface area (Å²) in [5.41, 5.74) is 7.26. The second-order valence-electron chi connectivity index (χ2n) is 4.38. The summed E-state index contributed by atoms with van der Waals surface area (Å²) in [6, 6.07) is -0.0254. The number of amides is 1. The zero-order valence-corrected chi connectivity index (χ0v) is 10.6. The van der Waals surface area contributed by atoms with Crippen molar-refractivity contribution in [3.05, 3.63) is 22.6 Å². The molecule has 1 heterocycles. The van der Waals surface area contributed by atoms with Crippen LogP contribution in [0.1, 0.15) is 34.4 Å². The number of carbonyl (C=O) groups is 1. The largest absolute Gasteiger partial charge is 0.466 e. The Hall–Kier alpha value is -1.29. The maximum absolute atomic E-state index is 12.1. The summed E-state index contributed by atoms with van der Waals surface area (Å²) in [6.45, 7) is 8.00. The summed E-state index contributed by atoms with van der Waals surface area (Å²) >= 11 is 0. The fourth-order valence-electron chi connectivity index (χ4n) is 1.81. The summed E-state index contributed by atoms with van der Waals surface area (Å²) in [5.74, 6) is 1.45. The zero-order valence-electron chi connectivity index (χ0n) is 10.6. The van der Waals surface area contributed by atoms with Gasteiger partial charge < -0.3 is 15.1 Å². The lowest BCUT2D eigenvalue weighted by molar-refractivity contribution is 0.0786. The molecule has 1 rings (SSSR count). The van der Waals surface area contributed by atoms with Gasteiger partial charge in [0.2, 0.25) is 0 Å². The third kappa shape index (κ3) is 2.44. The van der Waals surface area contributed by atoms with Gasteiger partial charge in [0.25, 0.3) is 5.91 Å². The summed E-state index contributed by atoms with van der Waals surface area (Å²) in [7, 11) is 1.76. The van der Waals surface area contributed by atoms with E-state index in [1.807, 2.05) is 27.7 Å². The van der Waals surface area contributed by atoms with Gasteiger partial charge in [0, 0.05) is 25.2 Å². The number of furan rings is 1. The molecule has 4 nitrogen and oxygen atoms in total. The van der Waals surface area contributed by atoms with E-state index < -0.39 is 0 Å². The number of hydrogen-bond acceptors (Lipinski definition) is 3. The van der Waals surface area contributed by atoms with Crippen molar-refractivity contribution < 1.29 is 9.21 Å². The Morgan fingerprint density at radius 2 is 1.94 bits per heavy atom. The summed E-state index contributed by atoms with van der Waals surface area (Å²) in [5, 5.41) is 0. The van der Waals surface area contributed by atoms with Crippen molar-refractivity contribution in [2.24, 2.45) is 5.73 Å². The standard InChI is InChI=1S/C12H20N2O2/c1-7(13)6-14(5)12(15)11-8(2)9(3)16-10(11)4/h7H,6,13H2,1-5H3. The minimum Gasteiger partial charge on any atom is -0.466 e. The van der Waals surface area contributed by atoms with E-state index in [1.165, 1.54) is 0 Å². The first-order valence-corrected chi connectivity index (χ1v) is 5.42. The van der Waals surface area contributed by atoms with Crippen molar-refractivity contribution >= 4 is 5.91 Å². The number of hydrogen-bond donors (Lipinski definition) is 1. The summed E-state index contributed by atoms with van der Waals surface area (Å²) in [4.78, 5) is 13.8. The SMILES string of the molecule is Cc1oc(C)c(C(=O)N(C)CC(C)N)c1C. The molecule has 1 aromatic rings. The summed E-state index contributed by atoms with van der Waals surface area (Å²) in [6.07, 6.45) is 0. The average molecular weight is 224 g/mol. The van der Waals surface area contributed by atoms with Crippen molar-refractivity contribution in [1.29, 1.82) is 0 Å². The maximum Gasteiger partial charge on any atom is 0.257 e. The predicted molar refractivity (Wildman–Crippen MR) is 63.5 cm³/mol. The van der Waals surface area contributed by atoms with Crippen LogP contribution in [0.4, 0.5) is 0 Å². The third-order valence-electron chi connectivity index (χ3n) is 2.68. The molecular weight excluding hydrogens is 204 g/mol. The lowest BCUT2D eigenvalue weighted by Crippen LogP contribution is -2.37. The van der Waals surface area contributed by atoms with E-state index in [9.17, 15) is 4.79 Å². The van der Waals surface area contributed by atoms with Gasteiger partial charge in [-0.05, 0) is 27.7 Å². The van der Waals surface area contributed by atoms with Crippen LogP contribution in [0, 0.1) is 20.8 Å². The van der Waals surface area contributed by atoms with Crippen LogP contribution in [0.3, 0.4) is 0 Å². The van der Waals surface area contributed by atoms with E-state index >= 15 is 0 Å². The van der Waals surface area contributed by atoms with Crippen molar-refractivity contribution in [2.75, 3.05) is 13.6 Å². The monoisotopic (exact) mass is 224 g/mol. The molecule has 4 heteroatoms. The molecule has 0 bridgehead atoms. The van der Waals surface area contributed by atoms with Gasteiger partial charge in [-0.2, -0.15) is 0 Å². The molecule has 0 saturated carbocycles. The van der Waals surface area contributed by atoms with E-state index in [1.54, 1.807) is 11.9 Å². The Labute approximate surface area is 96.4 Å². The normalized spacial score (nSPS) is 12.6. The Kier molecular flexibility index (Phi) is 3.75. The molecule has 0 aliphatic carbocycles. The average Bonchev–Trinajstić information content (AvgIpc) is 2.39. The van der Waals surface area contributed by atoms with E-state index in [-0.39, 0.29) is 11.9 Å². The molecule has 1 unspecified atom stereocenters. The van der Waals surface area contributed by atoms with Gasteiger partial charge in [0.15, 0.2) is 0 Å². The van der Waals surface area contributed by atoms with Gasteiger partial charge in [0.1, 0.15) is 11.5 Å². The molecule has 1 amide bonds. The highest BCUT2D eigenvalue weighted by molar-refractivity contribution is 5.96. The van der Waals surface area contributed by atoms with Crippen LogP contribution in [0.25, 0.3) is 0 Å². The van der Waals surface area contributed by atoms with Crippen LogP contribution in [0.15, 0.2) is 4.42 Å². The first-order chi connectivity index (χ1) is 7.34. The van der Waals surface area contributed by atoms with Gasteiger partial charge in [0.05, 0.1) is 5.56 Å². The van der Waals surface area contributed by atoms with Gasteiger partial charge in [-0.3, -0.25) is 4.79 Å². The van der Waals surface area contributed by atoms with Gasteiger partial charge in [-0.1, -0.05) is 0 Å². The molecule has 0 fully saturated rings.